The summed E-state index contributed by atoms with van der Waals surface area (Å²) in [6.07, 6.45) is 8.47. The molecule has 0 aliphatic carbocycles. The van der Waals surface area contributed by atoms with E-state index in [0.717, 1.165) is 17.8 Å². The third kappa shape index (κ3) is 3.15. The topological polar surface area (TPSA) is 119 Å². The molecular formula is C19H21N9S. The smallest absolute Gasteiger partial charge is 0.165 e. The Hall–Kier alpha value is -3.27. The Morgan fingerprint density at radius 3 is 2.72 bits per heavy atom. The van der Waals surface area contributed by atoms with Gasteiger partial charge in [-0.3, -0.25) is 15.7 Å². The SMILES string of the molecule is CC[C@@H]1C(=N)N(C=N)c2cnc(-c3cncnc3-c3nccs3)nc2N1C(C)C. The predicted molar refractivity (Wildman–Crippen MR) is 115 cm³/mol. The standard InChI is InChI=1S/C19H21N9S/c1-4-13-16(21)27(9-20)14-8-24-17(26-18(14)28(13)11(2)3)12-7-22-10-25-15(12)19-23-5-6-29-19/h5-11,13,20-21H,4H2,1-3H3/t13-/m1/s1. The second-order valence-electron chi connectivity index (χ2n) is 6.83. The van der Waals surface area contributed by atoms with Crippen LogP contribution in [0.25, 0.3) is 22.1 Å². The van der Waals surface area contributed by atoms with Crippen LogP contribution in [0.5, 0.6) is 0 Å². The number of rotatable bonds is 5. The van der Waals surface area contributed by atoms with Gasteiger partial charge in [0.05, 0.1) is 24.1 Å². The van der Waals surface area contributed by atoms with Crippen LogP contribution in [0.15, 0.2) is 30.3 Å². The number of hydrogen-bond donors (Lipinski definition) is 2. The summed E-state index contributed by atoms with van der Waals surface area (Å²) in [7, 11) is 0. The molecule has 2 N–H and O–H groups in total. The third-order valence-corrected chi connectivity index (χ3v) is 5.61. The molecular weight excluding hydrogens is 386 g/mol. The summed E-state index contributed by atoms with van der Waals surface area (Å²) >= 11 is 1.49. The maximum atomic E-state index is 8.55. The first-order chi connectivity index (χ1) is 14.1. The molecule has 1 aliphatic rings. The first-order valence-corrected chi connectivity index (χ1v) is 10.2. The van der Waals surface area contributed by atoms with Gasteiger partial charge in [-0.05, 0) is 20.3 Å². The van der Waals surface area contributed by atoms with Crippen LogP contribution < -0.4 is 9.80 Å². The maximum Gasteiger partial charge on any atom is 0.165 e. The zero-order valence-electron chi connectivity index (χ0n) is 16.4. The molecule has 0 bridgehead atoms. The maximum absolute atomic E-state index is 8.55. The van der Waals surface area contributed by atoms with Gasteiger partial charge in [0.2, 0.25) is 0 Å². The molecule has 10 heteroatoms. The Morgan fingerprint density at radius 2 is 2.07 bits per heavy atom. The Labute approximate surface area is 172 Å². The Morgan fingerprint density at radius 1 is 1.24 bits per heavy atom. The minimum absolute atomic E-state index is 0.125. The summed E-state index contributed by atoms with van der Waals surface area (Å²) in [5.74, 6) is 1.55. The predicted octanol–water partition coefficient (Wildman–Crippen LogP) is 3.45. The van der Waals surface area contributed by atoms with Gasteiger partial charge >= 0.3 is 0 Å². The number of anilines is 2. The van der Waals surface area contributed by atoms with Crippen molar-refractivity contribution in [2.45, 2.75) is 39.3 Å². The van der Waals surface area contributed by atoms with Gasteiger partial charge < -0.3 is 4.90 Å². The highest BCUT2D eigenvalue weighted by Crippen LogP contribution is 2.38. The van der Waals surface area contributed by atoms with Crippen LogP contribution >= 0.6 is 11.3 Å². The lowest BCUT2D eigenvalue weighted by atomic mass is 10.0. The molecule has 0 saturated heterocycles. The molecule has 0 spiro atoms. The molecule has 29 heavy (non-hydrogen) atoms. The van der Waals surface area contributed by atoms with Gasteiger partial charge in [-0.1, -0.05) is 6.92 Å². The average Bonchev–Trinajstić information content (AvgIpc) is 3.27. The number of thiazole rings is 1. The van der Waals surface area contributed by atoms with Crippen LogP contribution in [-0.2, 0) is 0 Å². The van der Waals surface area contributed by atoms with Gasteiger partial charge in [0.1, 0.15) is 28.6 Å². The third-order valence-electron chi connectivity index (χ3n) is 4.83. The molecule has 4 rings (SSSR count). The van der Waals surface area contributed by atoms with Crippen molar-refractivity contribution in [3.8, 4) is 22.1 Å². The number of nitrogens with one attached hydrogen (secondary N) is 2. The van der Waals surface area contributed by atoms with Gasteiger partial charge in [-0.25, -0.2) is 24.9 Å². The van der Waals surface area contributed by atoms with E-state index < -0.39 is 0 Å². The zero-order valence-corrected chi connectivity index (χ0v) is 17.2. The van der Waals surface area contributed by atoms with Crippen molar-refractivity contribution < 1.29 is 0 Å². The highest BCUT2D eigenvalue weighted by molar-refractivity contribution is 7.13. The van der Waals surface area contributed by atoms with E-state index in [1.165, 1.54) is 22.6 Å². The first-order valence-electron chi connectivity index (χ1n) is 9.30. The van der Waals surface area contributed by atoms with E-state index in [1.807, 2.05) is 12.3 Å². The van der Waals surface area contributed by atoms with Crippen molar-refractivity contribution in [2.24, 2.45) is 0 Å². The average molecular weight is 408 g/mol. The lowest BCUT2D eigenvalue weighted by Crippen LogP contribution is -2.55. The fourth-order valence-corrected chi connectivity index (χ4v) is 4.21. The van der Waals surface area contributed by atoms with Crippen molar-refractivity contribution in [3.05, 3.63) is 30.3 Å². The lowest BCUT2D eigenvalue weighted by Gasteiger charge is -2.44. The fraction of sp³-hybridized carbons (Fsp3) is 0.316. The second-order valence-corrected chi connectivity index (χ2v) is 7.73. The van der Waals surface area contributed by atoms with Gasteiger partial charge in [-0.2, -0.15) is 0 Å². The van der Waals surface area contributed by atoms with E-state index in [-0.39, 0.29) is 12.1 Å². The number of aromatic nitrogens is 5. The molecule has 1 atom stereocenters. The zero-order chi connectivity index (χ0) is 20.5. The van der Waals surface area contributed by atoms with E-state index in [9.17, 15) is 0 Å². The molecule has 0 amide bonds. The lowest BCUT2D eigenvalue weighted by molar-refractivity contribution is 0.598. The van der Waals surface area contributed by atoms with E-state index in [0.29, 0.717) is 34.4 Å². The summed E-state index contributed by atoms with van der Waals surface area (Å²) in [5, 5.41) is 19.0. The van der Waals surface area contributed by atoms with Crippen LogP contribution in [-0.4, -0.2) is 49.2 Å². The summed E-state index contributed by atoms with van der Waals surface area (Å²) in [6, 6.07) is -0.0440. The Kier molecular flexibility index (Phi) is 5.01. The normalized spacial score (nSPS) is 16.3. The van der Waals surface area contributed by atoms with Gasteiger partial charge in [0, 0.05) is 23.8 Å². The molecule has 1 aliphatic heterocycles. The molecule has 3 aromatic heterocycles. The minimum atomic E-state index is -0.169. The van der Waals surface area contributed by atoms with Gasteiger partial charge in [-0.15, -0.1) is 11.3 Å². The van der Waals surface area contributed by atoms with E-state index in [4.69, 9.17) is 15.8 Å². The number of amidine groups is 1. The summed E-state index contributed by atoms with van der Waals surface area (Å²) in [4.78, 5) is 26.0. The number of nitrogens with zero attached hydrogens (tertiary/aromatic N) is 7. The Bertz CT molecular complexity index is 1050. The van der Waals surface area contributed by atoms with Crippen molar-refractivity contribution in [1.82, 2.24) is 24.9 Å². The van der Waals surface area contributed by atoms with Crippen LogP contribution in [0.3, 0.4) is 0 Å². The van der Waals surface area contributed by atoms with Crippen LogP contribution in [0.2, 0.25) is 0 Å². The molecule has 0 unspecified atom stereocenters. The summed E-state index contributed by atoms with van der Waals surface area (Å²) in [5.41, 5.74) is 2.01. The Balaban J connectivity index is 1.90. The second kappa shape index (κ2) is 7.63. The quantitative estimate of drug-likeness (QED) is 0.491. The highest BCUT2D eigenvalue weighted by atomic mass is 32.1. The number of hydrogen-bond acceptors (Lipinski definition) is 9. The minimum Gasteiger partial charge on any atom is -0.342 e. The van der Waals surface area contributed by atoms with Gasteiger partial charge in [0.15, 0.2) is 11.6 Å². The van der Waals surface area contributed by atoms with Gasteiger partial charge in [0.25, 0.3) is 0 Å². The van der Waals surface area contributed by atoms with Crippen molar-refractivity contribution >= 4 is 35.0 Å². The first kappa shape index (κ1) is 19.1. The summed E-state index contributed by atoms with van der Waals surface area (Å²) < 4.78 is 0. The number of fused-ring (bicyclic) bond motifs is 1. The van der Waals surface area contributed by atoms with Crippen molar-refractivity contribution in [1.29, 1.82) is 10.8 Å². The van der Waals surface area contributed by atoms with E-state index in [1.54, 1.807) is 18.6 Å². The molecule has 0 fully saturated rings. The molecule has 0 radical (unpaired) electrons. The monoisotopic (exact) mass is 407 g/mol. The molecule has 148 valence electrons. The molecule has 0 aromatic carbocycles. The van der Waals surface area contributed by atoms with Crippen molar-refractivity contribution in [3.63, 3.8) is 0 Å². The highest BCUT2D eigenvalue weighted by Gasteiger charge is 2.37. The molecule has 9 nitrogen and oxygen atoms in total. The molecule has 4 heterocycles. The van der Waals surface area contributed by atoms with Crippen LogP contribution in [0.1, 0.15) is 27.2 Å². The van der Waals surface area contributed by atoms with Crippen LogP contribution in [0.4, 0.5) is 11.5 Å². The largest absolute Gasteiger partial charge is 0.342 e. The van der Waals surface area contributed by atoms with E-state index >= 15 is 0 Å². The van der Waals surface area contributed by atoms with Crippen LogP contribution in [0, 0.1) is 10.8 Å². The molecule has 3 aromatic rings. The van der Waals surface area contributed by atoms with E-state index in [2.05, 4.69) is 38.7 Å². The van der Waals surface area contributed by atoms with Crippen molar-refractivity contribution in [2.75, 3.05) is 9.80 Å². The molecule has 0 saturated carbocycles. The summed E-state index contributed by atoms with van der Waals surface area (Å²) in [6.45, 7) is 6.19. The fourth-order valence-electron chi connectivity index (χ4n) is 3.56.